The third kappa shape index (κ3) is 5.46. The second-order valence-electron chi connectivity index (χ2n) is 7.84. The maximum Gasteiger partial charge on any atom is 0.312 e. The fourth-order valence-electron chi connectivity index (χ4n) is 4.02. The molecule has 1 heterocycles. The second-order valence-corrected chi connectivity index (χ2v) is 8.27. The summed E-state index contributed by atoms with van der Waals surface area (Å²) in [6, 6.07) is 15.5. The number of Topliss-reactive ketones (excluding diaryl/α,β-unsaturated/α-hetero) is 1. The number of ether oxygens (including phenoxy) is 1. The number of carbonyl (C=O) groups excluding carboxylic acids is 2. The van der Waals surface area contributed by atoms with E-state index in [2.05, 4.69) is 4.90 Å². The van der Waals surface area contributed by atoms with Gasteiger partial charge in [-0.2, -0.15) is 0 Å². The molecule has 1 aliphatic heterocycles. The number of esters is 1. The van der Waals surface area contributed by atoms with Crippen LogP contribution in [0.5, 0.6) is 0 Å². The van der Waals surface area contributed by atoms with E-state index in [0.29, 0.717) is 18.1 Å². The molecule has 0 saturated carbocycles. The summed E-state index contributed by atoms with van der Waals surface area (Å²) in [6.07, 6.45) is 2.17. The predicted molar refractivity (Wildman–Crippen MR) is 115 cm³/mol. The minimum absolute atomic E-state index is 0.0785. The van der Waals surface area contributed by atoms with Crippen LogP contribution < -0.4 is 0 Å². The first-order chi connectivity index (χ1) is 13.9. The zero-order chi connectivity index (χ0) is 20.9. The summed E-state index contributed by atoms with van der Waals surface area (Å²) in [5.74, 6) is -0.0250. The molecule has 0 N–H and O–H groups in total. The number of hydrogen-bond donors (Lipinski definition) is 0. The van der Waals surface area contributed by atoms with Crippen molar-refractivity contribution in [1.82, 2.24) is 4.90 Å². The van der Waals surface area contributed by atoms with Crippen LogP contribution in [0.25, 0.3) is 0 Å². The summed E-state index contributed by atoms with van der Waals surface area (Å²) in [5.41, 5.74) is 2.47. The van der Waals surface area contributed by atoms with E-state index >= 15 is 0 Å². The van der Waals surface area contributed by atoms with E-state index in [1.807, 2.05) is 55.5 Å². The van der Waals surface area contributed by atoms with Crippen LogP contribution in [-0.2, 0) is 22.5 Å². The number of benzene rings is 2. The molecule has 2 aromatic carbocycles. The largest absolute Gasteiger partial charge is 0.466 e. The maximum absolute atomic E-state index is 12.9. The quantitative estimate of drug-likeness (QED) is 0.477. The number of hydrogen-bond acceptors (Lipinski definition) is 4. The average Bonchev–Trinajstić information content (AvgIpc) is 2.71. The molecule has 154 valence electrons. The van der Waals surface area contributed by atoms with Crippen LogP contribution in [0.3, 0.4) is 0 Å². The van der Waals surface area contributed by atoms with Gasteiger partial charge in [-0.15, -0.1) is 0 Å². The van der Waals surface area contributed by atoms with Gasteiger partial charge >= 0.3 is 5.97 Å². The minimum atomic E-state index is -0.498. The molecule has 5 heteroatoms. The molecule has 2 aromatic rings. The Morgan fingerprint density at radius 1 is 1.07 bits per heavy atom. The van der Waals surface area contributed by atoms with E-state index in [-0.39, 0.29) is 11.8 Å². The van der Waals surface area contributed by atoms with E-state index in [1.165, 1.54) is 0 Å². The molecule has 0 aromatic heterocycles. The minimum Gasteiger partial charge on any atom is -0.466 e. The van der Waals surface area contributed by atoms with Crippen molar-refractivity contribution >= 4 is 23.4 Å². The molecule has 1 fully saturated rings. The Kier molecular flexibility index (Phi) is 7.09. The lowest BCUT2D eigenvalue weighted by atomic mass is 9.73. The van der Waals surface area contributed by atoms with E-state index < -0.39 is 5.41 Å². The Bertz CT molecular complexity index is 855. The van der Waals surface area contributed by atoms with Gasteiger partial charge in [0.1, 0.15) is 0 Å². The van der Waals surface area contributed by atoms with Crippen molar-refractivity contribution in [3.8, 4) is 0 Å². The van der Waals surface area contributed by atoms with E-state index in [0.717, 1.165) is 49.2 Å². The van der Waals surface area contributed by atoms with Crippen LogP contribution in [0.15, 0.2) is 48.5 Å². The predicted octanol–water partition coefficient (Wildman–Crippen LogP) is 4.93. The zero-order valence-corrected chi connectivity index (χ0v) is 17.9. The smallest absolute Gasteiger partial charge is 0.312 e. The lowest BCUT2D eigenvalue weighted by Gasteiger charge is -2.40. The first-order valence-corrected chi connectivity index (χ1v) is 10.5. The molecule has 0 spiro atoms. The lowest BCUT2D eigenvalue weighted by Crippen LogP contribution is -2.46. The van der Waals surface area contributed by atoms with Gasteiger partial charge in [-0.25, -0.2) is 0 Å². The summed E-state index contributed by atoms with van der Waals surface area (Å²) in [7, 11) is 0. The number of halogens is 1. The van der Waals surface area contributed by atoms with Crippen molar-refractivity contribution in [2.75, 3.05) is 19.7 Å². The third-order valence-electron chi connectivity index (χ3n) is 5.72. The summed E-state index contributed by atoms with van der Waals surface area (Å²) in [6.45, 7) is 6.24. The third-order valence-corrected chi connectivity index (χ3v) is 5.97. The first kappa shape index (κ1) is 21.5. The van der Waals surface area contributed by atoms with Gasteiger partial charge in [0.25, 0.3) is 0 Å². The number of ketones is 1. The van der Waals surface area contributed by atoms with Gasteiger partial charge in [-0.3, -0.25) is 14.5 Å². The normalized spacial score (nSPS) is 16.4. The number of rotatable bonds is 7. The fraction of sp³-hybridized carbons (Fsp3) is 0.417. The SMILES string of the molecule is CCOC(=O)C1(Cc2ccc(Cl)cc2)CCN(Cc2cccc(C(C)=O)c2)CC1. The molecule has 0 bridgehead atoms. The Morgan fingerprint density at radius 3 is 2.38 bits per heavy atom. The molecule has 0 amide bonds. The van der Waals surface area contributed by atoms with Crippen molar-refractivity contribution in [2.45, 2.75) is 39.7 Å². The highest BCUT2D eigenvalue weighted by molar-refractivity contribution is 6.30. The molecule has 29 heavy (non-hydrogen) atoms. The summed E-state index contributed by atoms with van der Waals surface area (Å²) in [5, 5.41) is 0.696. The Hall–Kier alpha value is -2.17. The Balaban J connectivity index is 1.70. The molecule has 1 saturated heterocycles. The highest BCUT2D eigenvalue weighted by Gasteiger charge is 2.42. The van der Waals surface area contributed by atoms with Crippen molar-refractivity contribution in [2.24, 2.45) is 5.41 Å². The Morgan fingerprint density at radius 2 is 1.76 bits per heavy atom. The van der Waals surface area contributed by atoms with Gasteiger partial charge in [-0.05, 0) is 75.5 Å². The topological polar surface area (TPSA) is 46.6 Å². The Labute approximate surface area is 177 Å². The second kappa shape index (κ2) is 9.55. The molecule has 4 nitrogen and oxygen atoms in total. The van der Waals surface area contributed by atoms with Crippen molar-refractivity contribution in [1.29, 1.82) is 0 Å². The van der Waals surface area contributed by atoms with Gasteiger partial charge in [0.15, 0.2) is 5.78 Å². The monoisotopic (exact) mass is 413 g/mol. The van der Waals surface area contributed by atoms with Crippen LogP contribution in [0, 0.1) is 5.41 Å². The summed E-state index contributed by atoms with van der Waals surface area (Å²) >= 11 is 6.01. The molecular formula is C24H28ClNO3. The van der Waals surface area contributed by atoms with E-state index in [4.69, 9.17) is 16.3 Å². The van der Waals surface area contributed by atoms with Crippen LogP contribution >= 0.6 is 11.6 Å². The van der Waals surface area contributed by atoms with E-state index in [9.17, 15) is 9.59 Å². The highest BCUT2D eigenvalue weighted by Crippen LogP contribution is 2.37. The molecule has 0 radical (unpaired) electrons. The van der Waals surface area contributed by atoms with Crippen LogP contribution in [0.1, 0.15) is 48.2 Å². The van der Waals surface area contributed by atoms with E-state index in [1.54, 1.807) is 6.92 Å². The van der Waals surface area contributed by atoms with Crippen LogP contribution in [0.2, 0.25) is 5.02 Å². The van der Waals surface area contributed by atoms with Crippen LogP contribution in [-0.4, -0.2) is 36.3 Å². The van der Waals surface area contributed by atoms with Gasteiger partial charge in [-0.1, -0.05) is 41.9 Å². The standard InChI is InChI=1S/C24H28ClNO3/c1-3-29-23(28)24(16-19-7-9-22(25)10-8-19)11-13-26(14-12-24)17-20-5-4-6-21(15-20)18(2)27/h4-10,15H,3,11-14,16-17H2,1-2H3. The van der Waals surface area contributed by atoms with Crippen molar-refractivity contribution in [3.63, 3.8) is 0 Å². The molecule has 0 aliphatic carbocycles. The number of nitrogens with zero attached hydrogens (tertiary/aromatic N) is 1. The lowest BCUT2D eigenvalue weighted by molar-refractivity contribution is -0.158. The van der Waals surface area contributed by atoms with Crippen molar-refractivity contribution < 1.29 is 14.3 Å². The number of likely N-dealkylation sites (tertiary alicyclic amines) is 1. The summed E-state index contributed by atoms with van der Waals surface area (Å²) < 4.78 is 5.46. The molecule has 1 aliphatic rings. The first-order valence-electron chi connectivity index (χ1n) is 10.2. The molecule has 0 atom stereocenters. The summed E-state index contributed by atoms with van der Waals surface area (Å²) in [4.78, 5) is 26.9. The fourth-order valence-corrected chi connectivity index (χ4v) is 4.14. The zero-order valence-electron chi connectivity index (χ0n) is 17.1. The molecular weight excluding hydrogens is 386 g/mol. The van der Waals surface area contributed by atoms with Gasteiger partial charge in [0.2, 0.25) is 0 Å². The highest BCUT2D eigenvalue weighted by atomic mass is 35.5. The molecule has 0 unspecified atom stereocenters. The van der Waals surface area contributed by atoms with Gasteiger partial charge in [0, 0.05) is 17.1 Å². The maximum atomic E-state index is 12.9. The van der Waals surface area contributed by atoms with Gasteiger partial charge in [0.05, 0.1) is 12.0 Å². The molecule has 3 rings (SSSR count). The van der Waals surface area contributed by atoms with Gasteiger partial charge < -0.3 is 4.74 Å². The number of carbonyl (C=O) groups is 2. The van der Waals surface area contributed by atoms with Crippen molar-refractivity contribution in [3.05, 3.63) is 70.2 Å². The average molecular weight is 414 g/mol. The van der Waals surface area contributed by atoms with Crippen LogP contribution in [0.4, 0.5) is 0 Å². The number of piperidine rings is 1.